The summed E-state index contributed by atoms with van der Waals surface area (Å²) >= 11 is 0. The van der Waals surface area contributed by atoms with Gasteiger partial charge in [-0.25, -0.2) is 0 Å². The Bertz CT molecular complexity index is 1120. The van der Waals surface area contributed by atoms with Crippen molar-refractivity contribution in [1.82, 2.24) is 0 Å². The molecular weight excluding hydrogens is 324 g/mol. The molecule has 4 aromatic rings. The lowest BCUT2D eigenvalue weighted by Crippen LogP contribution is -2.24. The summed E-state index contributed by atoms with van der Waals surface area (Å²) in [5.41, 5.74) is 1.05. The second-order valence-corrected chi connectivity index (χ2v) is 7.08. The van der Waals surface area contributed by atoms with Gasteiger partial charge >= 0.3 is 0 Å². The minimum atomic E-state index is -0.614. The molecule has 3 heteroatoms. The number of aliphatic hydroxyl groups is 2. The molecule has 1 saturated heterocycles. The van der Waals surface area contributed by atoms with Crippen molar-refractivity contribution in [3.63, 3.8) is 0 Å². The van der Waals surface area contributed by atoms with Crippen molar-refractivity contribution in [1.29, 1.82) is 0 Å². The first-order valence-corrected chi connectivity index (χ1v) is 9.03. The van der Waals surface area contributed by atoms with Gasteiger partial charge in [-0.15, -0.1) is 0 Å². The molecular formula is C23H20O3. The SMILES string of the molecule is OCC1OC(c2ccc3ccc4c5ccccc5ccc4c3c2)CC1O. The number of hydrogen-bond donors (Lipinski definition) is 2. The van der Waals surface area contributed by atoms with E-state index in [4.69, 9.17) is 4.74 Å². The summed E-state index contributed by atoms with van der Waals surface area (Å²) in [5, 5.41) is 26.7. The van der Waals surface area contributed by atoms with Crippen molar-refractivity contribution >= 4 is 32.3 Å². The number of ether oxygens (including phenoxy) is 1. The summed E-state index contributed by atoms with van der Waals surface area (Å²) in [5.74, 6) is 0. The van der Waals surface area contributed by atoms with Crippen LogP contribution in [0.25, 0.3) is 32.3 Å². The predicted octanol–water partition coefficient (Wildman–Crippen LogP) is 4.33. The molecule has 3 atom stereocenters. The molecule has 0 amide bonds. The molecule has 0 aromatic heterocycles. The maximum absolute atomic E-state index is 10.0. The lowest BCUT2D eigenvalue weighted by molar-refractivity contribution is -0.0225. The molecule has 1 heterocycles. The predicted molar refractivity (Wildman–Crippen MR) is 104 cm³/mol. The van der Waals surface area contributed by atoms with Gasteiger partial charge in [0.15, 0.2) is 0 Å². The highest BCUT2D eigenvalue weighted by molar-refractivity contribution is 6.17. The molecule has 4 aromatic carbocycles. The second kappa shape index (κ2) is 6.06. The zero-order valence-corrected chi connectivity index (χ0v) is 14.3. The smallest absolute Gasteiger partial charge is 0.107 e. The van der Waals surface area contributed by atoms with Gasteiger partial charge in [0, 0.05) is 6.42 Å². The maximum atomic E-state index is 10.0. The molecule has 130 valence electrons. The van der Waals surface area contributed by atoms with Crippen molar-refractivity contribution in [3.8, 4) is 0 Å². The van der Waals surface area contributed by atoms with Crippen LogP contribution < -0.4 is 0 Å². The first-order chi connectivity index (χ1) is 12.7. The van der Waals surface area contributed by atoms with Gasteiger partial charge in [0.25, 0.3) is 0 Å². The standard InChI is InChI=1S/C23H20O3/c24-13-23-21(25)12-22(26-23)16-6-5-15-8-9-18-17-4-2-1-3-14(17)7-10-19(18)20(15)11-16/h1-11,21-25H,12-13H2. The normalized spacial score (nSPS) is 23.2. The largest absolute Gasteiger partial charge is 0.394 e. The summed E-state index contributed by atoms with van der Waals surface area (Å²) in [4.78, 5) is 0. The van der Waals surface area contributed by atoms with E-state index in [0.29, 0.717) is 6.42 Å². The molecule has 0 bridgehead atoms. The highest BCUT2D eigenvalue weighted by Gasteiger charge is 2.34. The molecule has 3 nitrogen and oxygen atoms in total. The summed E-state index contributed by atoms with van der Waals surface area (Å²) in [6.07, 6.45) is -0.767. The Kier molecular flexibility index (Phi) is 3.68. The molecule has 2 N–H and O–H groups in total. The van der Waals surface area contributed by atoms with Gasteiger partial charge in [0.05, 0.1) is 18.8 Å². The molecule has 5 rings (SSSR count). The van der Waals surface area contributed by atoms with Gasteiger partial charge in [-0.2, -0.15) is 0 Å². The fraction of sp³-hybridized carbons (Fsp3) is 0.217. The van der Waals surface area contributed by atoms with Crippen LogP contribution in [0.15, 0.2) is 66.7 Å². The Morgan fingerprint density at radius 2 is 1.50 bits per heavy atom. The second-order valence-electron chi connectivity index (χ2n) is 7.08. The van der Waals surface area contributed by atoms with Crippen LogP contribution >= 0.6 is 0 Å². The van der Waals surface area contributed by atoms with E-state index < -0.39 is 12.2 Å². The van der Waals surface area contributed by atoms with Crippen molar-refractivity contribution < 1.29 is 14.9 Å². The third kappa shape index (κ3) is 2.40. The molecule has 0 spiro atoms. The van der Waals surface area contributed by atoms with E-state index in [9.17, 15) is 10.2 Å². The van der Waals surface area contributed by atoms with Crippen LogP contribution in [-0.2, 0) is 4.74 Å². The summed E-state index contributed by atoms with van der Waals surface area (Å²) in [7, 11) is 0. The lowest BCUT2D eigenvalue weighted by atomic mass is 9.94. The first kappa shape index (κ1) is 15.8. The van der Waals surface area contributed by atoms with Crippen molar-refractivity contribution in [2.75, 3.05) is 6.61 Å². The Morgan fingerprint density at radius 1 is 0.808 bits per heavy atom. The van der Waals surface area contributed by atoms with E-state index in [-0.39, 0.29) is 12.7 Å². The summed E-state index contributed by atoms with van der Waals surface area (Å²) in [6.45, 7) is -0.153. The number of hydrogen-bond acceptors (Lipinski definition) is 3. The third-order valence-corrected chi connectivity index (χ3v) is 5.54. The molecule has 0 saturated carbocycles. The number of fused-ring (bicyclic) bond motifs is 5. The minimum absolute atomic E-state index is 0.153. The topological polar surface area (TPSA) is 49.7 Å². The molecule has 1 fully saturated rings. The van der Waals surface area contributed by atoms with Gasteiger partial charge in [0.2, 0.25) is 0 Å². The van der Waals surface area contributed by atoms with Gasteiger partial charge in [-0.3, -0.25) is 0 Å². The van der Waals surface area contributed by atoms with Crippen LogP contribution in [0, 0.1) is 0 Å². The first-order valence-electron chi connectivity index (χ1n) is 9.03. The fourth-order valence-electron chi connectivity index (χ4n) is 4.14. The minimum Gasteiger partial charge on any atom is -0.394 e. The molecule has 0 aliphatic carbocycles. The van der Waals surface area contributed by atoms with Crippen LogP contribution in [0.1, 0.15) is 18.1 Å². The van der Waals surface area contributed by atoms with Crippen molar-refractivity contribution in [2.24, 2.45) is 0 Å². The van der Waals surface area contributed by atoms with Crippen molar-refractivity contribution in [2.45, 2.75) is 24.7 Å². The monoisotopic (exact) mass is 344 g/mol. The van der Waals surface area contributed by atoms with Gasteiger partial charge in [0.1, 0.15) is 6.10 Å². The summed E-state index contributed by atoms with van der Waals surface area (Å²) in [6, 6.07) is 23.5. The Balaban J connectivity index is 1.69. The van der Waals surface area contributed by atoms with Crippen molar-refractivity contribution in [3.05, 3.63) is 72.3 Å². The van der Waals surface area contributed by atoms with Crippen LogP contribution in [0.4, 0.5) is 0 Å². The van der Waals surface area contributed by atoms with E-state index in [0.717, 1.165) is 5.56 Å². The van der Waals surface area contributed by atoms with Gasteiger partial charge in [-0.1, -0.05) is 60.7 Å². The highest BCUT2D eigenvalue weighted by atomic mass is 16.5. The zero-order chi connectivity index (χ0) is 17.7. The molecule has 1 aliphatic heterocycles. The Hall–Kier alpha value is -2.46. The Morgan fingerprint density at radius 3 is 2.27 bits per heavy atom. The van der Waals surface area contributed by atoms with E-state index in [1.165, 1.54) is 32.3 Å². The molecule has 3 unspecified atom stereocenters. The number of rotatable bonds is 2. The zero-order valence-electron chi connectivity index (χ0n) is 14.3. The van der Waals surface area contributed by atoms with Crippen LogP contribution in [0.5, 0.6) is 0 Å². The molecule has 26 heavy (non-hydrogen) atoms. The van der Waals surface area contributed by atoms with Crippen LogP contribution in [0.2, 0.25) is 0 Å². The lowest BCUT2D eigenvalue weighted by Gasteiger charge is -2.14. The number of benzene rings is 4. The Labute approximate surface area is 151 Å². The van der Waals surface area contributed by atoms with E-state index >= 15 is 0 Å². The summed E-state index contributed by atoms with van der Waals surface area (Å²) < 4.78 is 5.84. The van der Waals surface area contributed by atoms with Gasteiger partial charge < -0.3 is 14.9 Å². The van der Waals surface area contributed by atoms with E-state index in [1.54, 1.807) is 0 Å². The third-order valence-electron chi connectivity index (χ3n) is 5.54. The average molecular weight is 344 g/mol. The molecule has 0 radical (unpaired) electrons. The van der Waals surface area contributed by atoms with Crippen LogP contribution in [0.3, 0.4) is 0 Å². The van der Waals surface area contributed by atoms with E-state index in [1.807, 2.05) is 0 Å². The van der Waals surface area contributed by atoms with E-state index in [2.05, 4.69) is 66.7 Å². The average Bonchev–Trinajstić information content (AvgIpc) is 3.07. The maximum Gasteiger partial charge on any atom is 0.107 e. The quantitative estimate of drug-likeness (QED) is 0.532. The number of aliphatic hydroxyl groups excluding tert-OH is 2. The highest BCUT2D eigenvalue weighted by Crippen LogP contribution is 2.37. The van der Waals surface area contributed by atoms with Gasteiger partial charge in [-0.05, 0) is 43.9 Å². The van der Waals surface area contributed by atoms with Crippen LogP contribution in [-0.4, -0.2) is 29.0 Å². The fourth-order valence-corrected chi connectivity index (χ4v) is 4.14. The molecule has 1 aliphatic rings.